The maximum absolute atomic E-state index is 11.6. The number of imidazole rings is 1. The van der Waals surface area contributed by atoms with Crippen molar-refractivity contribution >= 4 is 17.3 Å². The fraction of sp³-hybridized carbons (Fsp3) is 0.414. The van der Waals surface area contributed by atoms with Crippen LogP contribution >= 0.6 is 0 Å². The summed E-state index contributed by atoms with van der Waals surface area (Å²) in [6.07, 6.45) is 9.97. The van der Waals surface area contributed by atoms with Crippen LogP contribution in [0, 0.1) is 6.92 Å². The Morgan fingerprint density at radius 3 is 2.62 bits per heavy atom. The summed E-state index contributed by atoms with van der Waals surface area (Å²) in [7, 11) is 0. The van der Waals surface area contributed by atoms with Gasteiger partial charge in [-0.3, -0.25) is 4.40 Å². The predicted octanol–water partition coefficient (Wildman–Crippen LogP) is 5.59. The van der Waals surface area contributed by atoms with Crippen molar-refractivity contribution in [3.8, 4) is 11.3 Å². The standard InChI is InChI=1S/C29H30N4O4/c1-17-4-2-3-5-23(17)27-24(28(37-31-27)18-6-7-18)16-36-22-12-19-8-9-20(13-22)33(19)21-10-11-26-30-14-25(29(34)35)32(26)15-21/h2-5,10-11,14-15,18-20,22H,6-9,12-13,16H2,1H3,(H,34,35)/t19-,20?,22?/m0/s1. The third kappa shape index (κ3) is 3.91. The molecule has 2 bridgehead atoms. The van der Waals surface area contributed by atoms with Gasteiger partial charge >= 0.3 is 5.97 Å². The Labute approximate surface area is 214 Å². The van der Waals surface area contributed by atoms with Gasteiger partial charge in [0, 0.05) is 35.3 Å². The van der Waals surface area contributed by atoms with Crippen molar-refractivity contribution in [1.29, 1.82) is 0 Å². The van der Waals surface area contributed by atoms with E-state index < -0.39 is 5.97 Å². The van der Waals surface area contributed by atoms with Crippen molar-refractivity contribution in [2.24, 2.45) is 0 Å². The number of piperidine rings is 1. The SMILES string of the molecule is Cc1ccccc1-c1noc(C2CC2)c1COC1CC2CC[C@@H](C1)N2c1ccc2ncc(C(=O)O)n2c1. The molecule has 37 heavy (non-hydrogen) atoms. The fourth-order valence-electron chi connectivity index (χ4n) is 6.34. The number of ether oxygens (including phenoxy) is 1. The molecule has 5 heterocycles. The first-order valence-corrected chi connectivity index (χ1v) is 13.2. The molecule has 1 saturated carbocycles. The molecule has 190 valence electrons. The number of carboxylic acid groups (broad SMARTS) is 1. The van der Waals surface area contributed by atoms with Gasteiger partial charge in [-0.15, -0.1) is 0 Å². The van der Waals surface area contributed by atoms with Crippen LogP contribution in [0.3, 0.4) is 0 Å². The van der Waals surface area contributed by atoms with Gasteiger partial charge in [-0.2, -0.15) is 0 Å². The minimum Gasteiger partial charge on any atom is -0.477 e. The van der Waals surface area contributed by atoms with Gasteiger partial charge in [-0.1, -0.05) is 29.4 Å². The van der Waals surface area contributed by atoms with Gasteiger partial charge in [-0.25, -0.2) is 9.78 Å². The number of nitrogens with zero attached hydrogens (tertiary/aromatic N) is 4. The highest BCUT2D eigenvalue weighted by molar-refractivity contribution is 5.86. The molecule has 2 unspecified atom stereocenters. The Balaban J connectivity index is 1.10. The zero-order chi connectivity index (χ0) is 25.1. The molecule has 3 aliphatic rings. The maximum atomic E-state index is 11.6. The zero-order valence-corrected chi connectivity index (χ0v) is 20.8. The molecule has 0 amide bonds. The number of pyridine rings is 1. The molecule has 0 spiro atoms. The lowest BCUT2D eigenvalue weighted by molar-refractivity contribution is 0.0147. The smallest absolute Gasteiger partial charge is 0.354 e. The summed E-state index contributed by atoms with van der Waals surface area (Å²) in [6, 6.07) is 13.0. The molecule has 4 aromatic rings. The average Bonchev–Trinajstić information content (AvgIpc) is 3.41. The van der Waals surface area contributed by atoms with Crippen LogP contribution in [0.15, 0.2) is 53.3 Å². The van der Waals surface area contributed by atoms with Crippen molar-refractivity contribution in [2.45, 2.75) is 76.2 Å². The van der Waals surface area contributed by atoms with Crippen LogP contribution in [-0.4, -0.2) is 43.8 Å². The van der Waals surface area contributed by atoms with Crippen molar-refractivity contribution in [3.05, 3.63) is 71.4 Å². The summed E-state index contributed by atoms with van der Waals surface area (Å²) in [5.74, 6) is 0.501. The molecule has 3 aromatic heterocycles. The van der Waals surface area contributed by atoms with Gasteiger partial charge in [0.2, 0.25) is 0 Å². The Hall–Kier alpha value is -3.65. The number of aryl methyl sites for hydroxylation is 1. The summed E-state index contributed by atoms with van der Waals surface area (Å²) < 4.78 is 14.1. The number of hydrogen-bond acceptors (Lipinski definition) is 6. The van der Waals surface area contributed by atoms with Crippen LogP contribution in [0.5, 0.6) is 0 Å². The largest absolute Gasteiger partial charge is 0.477 e. The fourth-order valence-corrected chi connectivity index (χ4v) is 6.34. The molecule has 8 heteroatoms. The molecule has 1 aliphatic carbocycles. The van der Waals surface area contributed by atoms with Gasteiger partial charge in [0.1, 0.15) is 17.1 Å². The number of carbonyl (C=O) groups is 1. The normalized spacial score (nSPS) is 23.2. The molecule has 3 atom stereocenters. The third-order valence-electron chi connectivity index (χ3n) is 8.33. The van der Waals surface area contributed by atoms with Gasteiger partial charge in [-0.05, 0) is 63.1 Å². The topological polar surface area (TPSA) is 93.1 Å². The number of anilines is 1. The summed E-state index contributed by atoms with van der Waals surface area (Å²) >= 11 is 0. The van der Waals surface area contributed by atoms with Crippen LogP contribution in [-0.2, 0) is 11.3 Å². The maximum Gasteiger partial charge on any atom is 0.354 e. The lowest BCUT2D eigenvalue weighted by Gasteiger charge is -2.40. The first-order chi connectivity index (χ1) is 18.1. The summed E-state index contributed by atoms with van der Waals surface area (Å²) in [5, 5.41) is 14.0. The van der Waals surface area contributed by atoms with E-state index in [1.165, 1.54) is 11.8 Å². The van der Waals surface area contributed by atoms with Crippen molar-refractivity contribution in [1.82, 2.24) is 14.5 Å². The second-order valence-electron chi connectivity index (χ2n) is 10.7. The van der Waals surface area contributed by atoms with Crippen molar-refractivity contribution in [3.63, 3.8) is 0 Å². The van der Waals surface area contributed by atoms with Gasteiger partial charge < -0.3 is 19.3 Å². The van der Waals surface area contributed by atoms with Crippen molar-refractivity contribution < 1.29 is 19.2 Å². The monoisotopic (exact) mass is 498 g/mol. The minimum atomic E-state index is -0.968. The molecule has 8 nitrogen and oxygen atoms in total. The molecule has 2 saturated heterocycles. The number of hydrogen-bond donors (Lipinski definition) is 1. The van der Waals surface area contributed by atoms with E-state index in [9.17, 15) is 9.90 Å². The lowest BCUT2D eigenvalue weighted by Crippen LogP contribution is -2.45. The Morgan fingerprint density at radius 1 is 1.11 bits per heavy atom. The van der Waals surface area contributed by atoms with E-state index in [1.807, 2.05) is 24.4 Å². The number of fused-ring (bicyclic) bond motifs is 3. The first kappa shape index (κ1) is 22.5. The molecule has 0 radical (unpaired) electrons. The highest BCUT2D eigenvalue weighted by atomic mass is 16.5. The third-order valence-corrected chi connectivity index (χ3v) is 8.33. The van der Waals surface area contributed by atoms with Crippen LogP contribution < -0.4 is 4.90 Å². The number of benzene rings is 1. The highest BCUT2D eigenvalue weighted by Crippen LogP contribution is 2.45. The van der Waals surface area contributed by atoms with Gasteiger partial charge in [0.25, 0.3) is 0 Å². The molecular weight excluding hydrogens is 468 g/mol. The van der Waals surface area contributed by atoms with Crippen LogP contribution in [0.2, 0.25) is 0 Å². The Bertz CT molecular complexity index is 1470. The van der Waals surface area contributed by atoms with E-state index >= 15 is 0 Å². The van der Waals surface area contributed by atoms with E-state index in [1.54, 1.807) is 4.40 Å². The summed E-state index contributed by atoms with van der Waals surface area (Å²) in [4.78, 5) is 18.3. The Morgan fingerprint density at radius 2 is 1.89 bits per heavy atom. The van der Waals surface area contributed by atoms with E-state index in [0.29, 0.717) is 30.3 Å². The minimum absolute atomic E-state index is 0.173. The van der Waals surface area contributed by atoms with Crippen LogP contribution in [0.1, 0.15) is 71.8 Å². The molecule has 2 aliphatic heterocycles. The number of carboxylic acids is 1. The van der Waals surface area contributed by atoms with E-state index in [-0.39, 0.29) is 11.8 Å². The average molecular weight is 499 g/mol. The summed E-state index contributed by atoms with van der Waals surface area (Å²) in [6.45, 7) is 2.63. The second-order valence-corrected chi connectivity index (χ2v) is 10.7. The number of aromatic carboxylic acids is 1. The van der Waals surface area contributed by atoms with E-state index in [4.69, 9.17) is 9.26 Å². The molecule has 1 N–H and O–H groups in total. The number of aromatic nitrogens is 3. The van der Waals surface area contributed by atoms with E-state index in [2.05, 4.69) is 40.2 Å². The highest BCUT2D eigenvalue weighted by Gasteiger charge is 2.42. The quantitative estimate of drug-likeness (QED) is 0.355. The number of rotatable bonds is 7. The second kappa shape index (κ2) is 8.73. The summed E-state index contributed by atoms with van der Waals surface area (Å²) in [5.41, 5.74) is 6.22. The molecular formula is C29H30N4O4. The van der Waals surface area contributed by atoms with E-state index in [0.717, 1.165) is 66.8 Å². The zero-order valence-electron chi connectivity index (χ0n) is 20.8. The van der Waals surface area contributed by atoms with Crippen LogP contribution in [0.25, 0.3) is 16.9 Å². The van der Waals surface area contributed by atoms with Crippen molar-refractivity contribution in [2.75, 3.05) is 4.90 Å². The van der Waals surface area contributed by atoms with Gasteiger partial charge in [0.15, 0.2) is 5.69 Å². The van der Waals surface area contributed by atoms with Crippen LogP contribution in [0.4, 0.5) is 5.69 Å². The Kier molecular flexibility index (Phi) is 5.32. The predicted molar refractivity (Wildman–Crippen MR) is 138 cm³/mol. The first-order valence-electron chi connectivity index (χ1n) is 13.2. The molecule has 3 fully saturated rings. The van der Waals surface area contributed by atoms with Gasteiger partial charge in [0.05, 0.1) is 24.6 Å². The molecule has 1 aromatic carbocycles. The lowest BCUT2D eigenvalue weighted by atomic mass is 9.98. The molecule has 7 rings (SSSR count).